The van der Waals surface area contributed by atoms with Crippen LogP contribution in [0.3, 0.4) is 0 Å². The first-order valence-electron chi connectivity index (χ1n) is 18.9. The van der Waals surface area contributed by atoms with Crippen LogP contribution in [0.5, 0.6) is 0 Å². The monoisotopic (exact) mass is 790 g/mol. The number of alkyl carbamates (subject to hydrolysis) is 1. The lowest BCUT2D eigenvalue weighted by Crippen LogP contribution is -2.59. The van der Waals surface area contributed by atoms with E-state index in [-0.39, 0.29) is 31.4 Å². The molecule has 0 bridgehead atoms. The maximum absolute atomic E-state index is 14.1. The van der Waals surface area contributed by atoms with E-state index in [0.717, 1.165) is 38.9 Å². The molecule has 11 nitrogen and oxygen atoms in total. The second-order valence-electron chi connectivity index (χ2n) is 14.0. The van der Waals surface area contributed by atoms with E-state index in [1.54, 1.807) is 0 Å². The van der Waals surface area contributed by atoms with Crippen molar-refractivity contribution in [3.05, 3.63) is 167 Å². The number of aliphatic hydroxyl groups is 4. The molecular weight excluding hydrogens is 745 g/mol. The van der Waals surface area contributed by atoms with Crippen LogP contribution in [-0.2, 0) is 23.8 Å². The van der Waals surface area contributed by atoms with Gasteiger partial charge in [0.05, 0.1) is 18.0 Å². The van der Waals surface area contributed by atoms with Crippen LogP contribution in [-0.4, -0.2) is 101 Å². The van der Waals surface area contributed by atoms with E-state index < -0.39 is 60.1 Å². The summed E-state index contributed by atoms with van der Waals surface area (Å²) in [5.41, 5.74) is 7.28. The summed E-state index contributed by atoms with van der Waals surface area (Å²) >= 11 is 1.51. The fourth-order valence-corrected chi connectivity index (χ4v) is 9.18. The second-order valence-corrected chi connectivity index (χ2v) is 15.2. The Bertz CT molecular complexity index is 1950. The largest absolute Gasteiger partial charge is 0.449 e. The van der Waals surface area contributed by atoms with Crippen molar-refractivity contribution in [2.24, 2.45) is 0 Å². The average molecular weight is 791 g/mol. The van der Waals surface area contributed by atoms with E-state index in [9.17, 15) is 30.0 Å². The molecule has 0 aromatic heterocycles. The number of amides is 2. The van der Waals surface area contributed by atoms with Crippen LogP contribution < -0.4 is 10.6 Å². The molecule has 2 amide bonds. The molecule has 1 fully saturated rings. The number of aliphatic hydroxyl groups excluding tert-OH is 4. The van der Waals surface area contributed by atoms with E-state index in [1.165, 1.54) is 11.8 Å². The van der Waals surface area contributed by atoms with Gasteiger partial charge in [-0.25, -0.2) is 4.79 Å². The Morgan fingerprint density at radius 3 is 1.74 bits per heavy atom. The Morgan fingerprint density at radius 1 is 0.702 bits per heavy atom. The highest BCUT2D eigenvalue weighted by molar-refractivity contribution is 8.00. The molecule has 6 atom stereocenters. The fraction of sp³-hybridized carbons (Fsp3) is 0.289. The van der Waals surface area contributed by atoms with Crippen molar-refractivity contribution in [2.45, 2.75) is 47.4 Å². The Morgan fingerprint density at radius 2 is 1.21 bits per heavy atom. The third-order valence-corrected chi connectivity index (χ3v) is 12.1. The van der Waals surface area contributed by atoms with Crippen molar-refractivity contribution in [3.63, 3.8) is 0 Å². The van der Waals surface area contributed by atoms with E-state index in [4.69, 9.17) is 14.2 Å². The van der Waals surface area contributed by atoms with Crippen LogP contribution >= 0.6 is 11.8 Å². The highest BCUT2D eigenvalue weighted by Crippen LogP contribution is 2.49. The Hall–Kier alpha value is -5.05. The number of nitrogens with one attached hydrogen (secondary N) is 2. The summed E-state index contributed by atoms with van der Waals surface area (Å²) in [4.78, 5) is 27.8. The highest BCUT2D eigenvalue weighted by atomic mass is 32.2. The fourth-order valence-electron chi connectivity index (χ4n) is 7.62. The zero-order chi connectivity index (χ0) is 39.8. The number of rotatable bonds is 15. The van der Waals surface area contributed by atoms with Gasteiger partial charge in [-0.3, -0.25) is 4.79 Å². The Labute approximate surface area is 335 Å². The quantitative estimate of drug-likeness (QED) is 0.0655. The Kier molecular flexibility index (Phi) is 13.0. The molecule has 5 aromatic carbocycles. The SMILES string of the molecule is O=C(N[C@@H](CSC(c1ccccc1)(c1ccccc1)c1ccccc1)C(=O)NCCO[C@H]1O[C@H](CO)[C@@H](O)[C@H](O)[C@@H]1O)OCC1c2ccccc2-c2ccccc21. The van der Waals surface area contributed by atoms with Gasteiger partial charge in [-0.1, -0.05) is 140 Å². The number of fused-ring (bicyclic) bond motifs is 3. The number of ether oxygens (including phenoxy) is 3. The van der Waals surface area contributed by atoms with Gasteiger partial charge in [-0.15, -0.1) is 11.8 Å². The molecule has 6 N–H and O–H groups in total. The van der Waals surface area contributed by atoms with Crippen LogP contribution in [0.15, 0.2) is 140 Å². The summed E-state index contributed by atoms with van der Waals surface area (Å²) < 4.78 is 16.2. The molecule has 5 aromatic rings. The van der Waals surface area contributed by atoms with Gasteiger partial charge < -0.3 is 45.3 Å². The predicted octanol–water partition coefficient (Wildman–Crippen LogP) is 4.55. The normalized spacial score (nSPS) is 20.9. The molecule has 1 aliphatic heterocycles. The molecule has 0 unspecified atom stereocenters. The molecule has 0 radical (unpaired) electrons. The lowest BCUT2D eigenvalue weighted by molar-refractivity contribution is -0.300. The first kappa shape index (κ1) is 40.2. The average Bonchev–Trinajstić information content (AvgIpc) is 3.58. The van der Waals surface area contributed by atoms with Gasteiger partial charge in [-0.2, -0.15) is 0 Å². The van der Waals surface area contributed by atoms with Crippen molar-refractivity contribution in [1.82, 2.24) is 10.6 Å². The van der Waals surface area contributed by atoms with Crippen molar-refractivity contribution in [1.29, 1.82) is 0 Å². The summed E-state index contributed by atoms with van der Waals surface area (Å²) in [5.74, 6) is -0.551. The van der Waals surface area contributed by atoms with Gasteiger partial charge in [0.25, 0.3) is 0 Å². The molecular formula is C45H46N2O9S. The number of benzene rings is 5. The van der Waals surface area contributed by atoms with Crippen molar-refractivity contribution >= 4 is 23.8 Å². The van der Waals surface area contributed by atoms with Gasteiger partial charge in [-0.05, 0) is 38.9 Å². The summed E-state index contributed by atoms with van der Waals surface area (Å²) in [5, 5.41) is 45.9. The molecule has 1 heterocycles. The zero-order valence-corrected chi connectivity index (χ0v) is 31.9. The number of hydrogen-bond acceptors (Lipinski definition) is 10. The van der Waals surface area contributed by atoms with Crippen LogP contribution in [0.1, 0.15) is 33.7 Å². The summed E-state index contributed by atoms with van der Waals surface area (Å²) in [7, 11) is 0. The van der Waals surface area contributed by atoms with E-state index >= 15 is 0 Å². The van der Waals surface area contributed by atoms with E-state index in [2.05, 4.69) is 59.2 Å². The van der Waals surface area contributed by atoms with E-state index in [1.807, 2.05) is 91.0 Å². The molecule has 0 saturated carbocycles. The number of thioether (sulfide) groups is 1. The molecule has 57 heavy (non-hydrogen) atoms. The van der Waals surface area contributed by atoms with Gasteiger partial charge in [0, 0.05) is 18.2 Å². The lowest BCUT2D eigenvalue weighted by atomic mass is 9.84. The third-order valence-electron chi connectivity index (χ3n) is 10.5. The molecule has 0 spiro atoms. The number of carbonyl (C=O) groups excluding carboxylic acids is 2. The Balaban J connectivity index is 1.11. The van der Waals surface area contributed by atoms with E-state index in [0.29, 0.717) is 0 Å². The molecule has 1 aliphatic carbocycles. The predicted molar refractivity (Wildman–Crippen MR) is 216 cm³/mol. The maximum Gasteiger partial charge on any atom is 0.407 e. The van der Waals surface area contributed by atoms with Gasteiger partial charge in [0.2, 0.25) is 5.91 Å². The molecule has 2 aliphatic rings. The smallest absolute Gasteiger partial charge is 0.407 e. The molecule has 1 saturated heterocycles. The first-order chi connectivity index (χ1) is 27.8. The summed E-state index contributed by atoms with van der Waals surface area (Å²) in [6.45, 7) is -0.737. The summed E-state index contributed by atoms with van der Waals surface area (Å²) in [6, 6.07) is 45.1. The molecule has 12 heteroatoms. The minimum Gasteiger partial charge on any atom is -0.449 e. The molecule has 7 rings (SSSR count). The third kappa shape index (κ3) is 8.63. The van der Waals surface area contributed by atoms with Crippen molar-refractivity contribution < 1.29 is 44.2 Å². The van der Waals surface area contributed by atoms with Gasteiger partial charge >= 0.3 is 6.09 Å². The van der Waals surface area contributed by atoms with Crippen molar-refractivity contribution in [2.75, 3.05) is 32.1 Å². The minimum atomic E-state index is -1.60. The minimum absolute atomic E-state index is 0.0530. The van der Waals surface area contributed by atoms with Crippen molar-refractivity contribution in [3.8, 4) is 11.1 Å². The van der Waals surface area contributed by atoms with Gasteiger partial charge in [0.1, 0.15) is 37.1 Å². The van der Waals surface area contributed by atoms with Crippen LogP contribution in [0.4, 0.5) is 4.79 Å². The topological polar surface area (TPSA) is 167 Å². The standard InChI is InChI=1S/C45H46N2O9S/c48-26-38-39(49)40(50)41(51)43(56-38)54-25-24-46-42(52)37(47-44(53)55-27-36-34-22-12-10-20-32(34)33-21-11-13-23-35(33)36)28-57-45(29-14-4-1-5-15-29,30-16-6-2-7-17-30)31-18-8-3-9-19-31/h1-23,36-41,43,48-51H,24-28H2,(H,46,52)(H,47,53)/t37-,38+,39+,40-,41-,43-/m0/s1. The number of carbonyl (C=O) groups is 2. The molecule has 296 valence electrons. The first-order valence-corrected chi connectivity index (χ1v) is 19.9. The lowest BCUT2D eigenvalue weighted by Gasteiger charge is -2.39. The highest BCUT2D eigenvalue weighted by Gasteiger charge is 2.44. The summed E-state index contributed by atoms with van der Waals surface area (Å²) in [6.07, 6.45) is -7.95. The number of hydrogen-bond donors (Lipinski definition) is 6. The van der Waals surface area contributed by atoms with Crippen LogP contribution in [0, 0.1) is 0 Å². The maximum atomic E-state index is 14.1. The zero-order valence-electron chi connectivity index (χ0n) is 31.1. The van der Waals surface area contributed by atoms with Gasteiger partial charge in [0.15, 0.2) is 6.29 Å². The second kappa shape index (κ2) is 18.5. The van der Waals surface area contributed by atoms with Crippen LogP contribution in [0.25, 0.3) is 11.1 Å². The van der Waals surface area contributed by atoms with Crippen LogP contribution in [0.2, 0.25) is 0 Å².